The van der Waals surface area contributed by atoms with Crippen molar-refractivity contribution in [1.29, 1.82) is 0 Å². The van der Waals surface area contributed by atoms with E-state index in [0.29, 0.717) is 11.3 Å². The van der Waals surface area contributed by atoms with Crippen LogP contribution in [0.4, 0.5) is 0 Å². The summed E-state index contributed by atoms with van der Waals surface area (Å²) in [7, 11) is -3.38. The third kappa shape index (κ3) is 5.01. The van der Waals surface area contributed by atoms with Crippen LogP contribution in [-0.2, 0) is 14.6 Å². The number of rotatable bonds is 7. The molecule has 1 aliphatic heterocycles. The summed E-state index contributed by atoms with van der Waals surface area (Å²) >= 11 is 0.277. The van der Waals surface area contributed by atoms with Crippen LogP contribution in [0.5, 0.6) is 0 Å². The summed E-state index contributed by atoms with van der Waals surface area (Å²) in [4.78, 5) is 14.6. The Balaban J connectivity index is 1.66. The molecule has 0 radical (unpaired) electrons. The van der Waals surface area contributed by atoms with Gasteiger partial charge in [0.15, 0.2) is 0 Å². The summed E-state index contributed by atoms with van der Waals surface area (Å²) in [5, 5.41) is 0.925. The normalized spacial score (nSPS) is 20.2. The number of nitrogens with zero attached hydrogens (tertiary/aromatic N) is 1. The van der Waals surface area contributed by atoms with Crippen LogP contribution in [0.15, 0.2) is 59.5 Å². The number of carbonyl (C=O) groups is 1. The quantitative estimate of drug-likeness (QED) is 0.609. The van der Waals surface area contributed by atoms with Gasteiger partial charge >= 0.3 is 168 Å². The third-order valence-electron chi connectivity index (χ3n) is 5.02. The van der Waals surface area contributed by atoms with Crippen LogP contribution in [0.2, 0.25) is 5.32 Å². The van der Waals surface area contributed by atoms with Crippen molar-refractivity contribution in [3.63, 3.8) is 0 Å². The average Bonchev–Trinajstić information content (AvgIpc) is 2.92. The number of hydrogen-bond acceptors (Lipinski definition) is 3. The van der Waals surface area contributed by atoms with E-state index >= 15 is 0 Å². The van der Waals surface area contributed by atoms with Gasteiger partial charge in [0.1, 0.15) is 0 Å². The molecule has 1 amide bonds. The van der Waals surface area contributed by atoms with Crippen LogP contribution < -0.4 is 4.46 Å². The molecule has 0 bridgehead atoms. The predicted octanol–water partition coefficient (Wildman–Crippen LogP) is 2.45. The molecule has 0 aliphatic carbocycles. The Morgan fingerprint density at radius 2 is 1.74 bits per heavy atom. The number of benzene rings is 2. The van der Waals surface area contributed by atoms with Gasteiger partial charge in [0.25, 0.3) is 0 Å². The van der Waals surface area contributed by atoms with Crippen LogP contribution >= 0.6 is 0 Å². The second kappa shape index (κ2) is 8.59. The molecule has 1 heterocycles. The van der Waals surface area contributed by atoms with E-state index in [9.17, 15) is 13.2 Å². The molecule has 0 N–H and O–H groups in total. The van der Waals surface area contributed by atoms with E-state index in [1.807, 2.05) is 25.1 Å². The fourth-order valence-corrected chi connectivity index (χ4v) is 7.13. The molecule has 1 fully saturated rings. The van der Waals surface area contributed by atoms with Crippen molar-refractivity contribution >= 4 is 35.2 Å². The van der Waals surface area contributed by atoms with Crippen molar-refractivity contribution in [2.75, 3.05) is 12.3 Å². The molecule has 2 atom stereocenters. The van der Waals surface area contributed by atoms with Gasteiger partial charge < -0.3 is 0 Å². The van der Waals surface area contributed by atoms with Gasteiger partial charge in [-0.1, -0.05) is 0 Å². The zero-order valence-corrected chi connectivity index (χ0v) is 18.2. The summed E-state index contributed by atoms with van der Waals surface area (Å²) in [5.41, 5.74) is 1.03. The van der Waals surface area contributed by atoms with Crippen molar-refractivity contribution in [2.45, 2.75) is 36.5 Å². The van der Waals surface area contributed by atoms with Gasteiger partial charge in [-0.3, -0.25) is 0 Å². The zero-order valence-electron chi connectivity index (χ0n) is 15.7. The van der Waals surface area contributed by atoms with Crippen LogP contribution in [0.25, 0.3) is 0 Å². The Bertz CT molecular complexity index is 881. The minimum absolute atomic E-state index is 0.0244. The maximum atomic E-state index is 12.6. The second-order valence-corrected chi connectivity index (χ2v) is 11.5. The van der Waals surface area contributed by atoms with Gasteiger partial charge in [-0.2, -0.15) is 0 Å². The van der Waals surface area contributed by atoms with E-state index in [1.165, 1.54) is 4.46 Å². The topological polar surface area (TPSA) is 54.5 Å². The molecule has 3 rings (SSSR count). The fourth-order valence-electron chi connectivity index (χ4n) is 3.35. The SMILES string of the molecule is Cc1ccc(S(=O)(=O)CCN2C(=O)CC(C)C2C[Se]c2ccccc2)cc1. The first-order valence-electron chi connectivity index (χ1n) is 9.13. The average molecular weight is 450 g/mol. The Morgan fingerprint density at radius 3 is 2.41 bits per heavy atom. The van der Waals surface area contributed by atoms with Gasteiger partial charge in [0.2, 0.25) is 0 Å². The summed E-state index contributed by atoms with van der Waals surface area (Å²) in [5.74, 6) is 0.323. The number of sulfone groups is 1. The van der Waals surface area contributed by atoms with Crippen LogP contribution in [-0.4, -0.2) is 52.5 Å². The maximum absolute atomic E-state index is 12.6. The molecule has 2 aromatic rings. The zero-order chi connectivity index (χ0) is 19.4. The molecule has 2 unspecified atom stereocenters. The van der Waals surface area contributed by atoms with Gasteiger partial charge in [-0.05, 0) is 0 Å². The van der Waals surface area contributed by atoms with E-state index in [2.05, 4.69) is 19.1 Å². The molecule has 1 saturated heterocycles. The molecule has 0 aromatic heterocycles. The first-order valence-corrected chi connectivity index (χ1v) is 12.9. The minimum atomic E-state index is -3.38. The first kappa shape index (κ1) is 20.1. The summed E-state index contributed by atoms with van der Waals surface area (Å²) in [6.07, 6.45) is 0.514. The van der Waals surface area contributed by atoms with Gasteiger partial charge in [-0.25, -0.2) is 0 Å². The number of hydrogen-bond donors (Lipinski definition) is 0. The van der Waals surface area contributed by atoms with Crippen LogP contribution in [0.1, 0.15) is 18.9 Å². The molecule has 144 valence electrons. The third-order valence-corrected chi connectivity index (χ3v) is 9.07. The molecule has 0 spiro atoms. The number of likely N-dealkylation sites (tertiary alicyclic amines) is 1. The van der Waals surface area contributed by atoms with Crippen molar-refractivity contribution in [3.8, 4) is 0 Å². The Morgan fingerprint density at radius 1 is 1.07 bits per heavy atom. The number of carbonyl (C=O) groups excluding carboxylic acids is 1. The summed E-state index contributed by atoms with van der Waals surface area (Å²) < 4.78 is 26.6. The van der Waals surface area contributed by atoms with E-state index in [-0.39, 0.29) is 45.1 Å². The molecule has 0 saturated carbocycles. The fraction of sp³-hybridized carbons (Fsp3) is 0.381. The summed E-state index contributed by atoms with van der Waals surface area (Å²) in [6.45, 7) is 4.30. The van der Waals surface area contributed by atoms with E-state index < -0.39 is 9.84 Å². The van der Waals surface area contributed by atoms with Gasteiger partial charge in [0.05, 0.1) is 0 Å². The first-order chi connectivity index (χ1) is 12.9. The predicted molar refractivity (Wildman–Crippen MR) is 109 cm³/mol. The molecule has 1 aliphatic rings. The number of amides is 1. The van der Waals surface area contributed by atoms with Gasteiger partial charge in [0, 0.05) is 0 Å². The van der Waals surface area contributed by atoms with Crippen molar-refractivity contribution in [1.82, 2.24) is 4.90 Å². The van der Waals surface area contributed by atoms with E-state index in [4.69, 9.17) is 0 Å². The van der Waals surface area contributed by atoms with Crippen molar-refractivity contribution < 1.29 is 13.2 Å². The second-order valence-electron chi connectivity index (χ2n) is 7.09. The van der Waals surface area contributed by atoms with E-state index in [1.54, 1.807) is 29.2 Å². The monoisotopic (exact) mass is 451 g/mol. The Hall–Kier alpha value is -1.62. The van der Waals surface area contributed by atoms with Crippen LogP contribution in [0, 0.1) is 12.8 Å². The van der Waals surface area contributed by atoms with Crippen molar-refractivity contribution in [3.05, 3.63) is 60.2 Å². The Labute approximate surface area is 168 Å². The molecule has 27 heavy (non-hydrogen) atoms. The van der Waals surface area contributed by atoms with Crippen molar-refractivity contribution in [2.24, 2.45) is 5.92 Å². The molecule has 6 heteroatoms. The standard InChI is InChI=1S/C21H25NO3SSe/c1-16-8-10-18(11-9-16)26(24,25)13-12-22-20(17(2)14-21(22)23)15-27-19-6-4-3-5-7-19/h3-11,17,20H,12-15H2,1-2H3. The van der Waals surface area contributed by atoms with Gasteiger partial charge in [-0.15, -0.1) is 0 Å². The molecule has 4 nitrogen and oxygen atoms in total. The Kier molecular flexibility index (Phi) is 6.40. The summed E-state index contributed by atoms with van der Waals surface area (Å²) in [6, 6.07) is 17.3. The van der Waals surface area contributed by atoms with E-state index in [0.717, 1.165) is 10.9 Å². The molecular formula is C21H25NO3SSe. The molecular weight excluding hydrogens is 425 g/mol. The number of aryl methyl sites for hydroxylation is 1. The van der Waals surface area contributed by atoms with Crippen LogP contribution in [0.3, 0.4) is 0 Å². The molecule has 2 aromatic carbocycles.